The number of amides is 1. The van der Waals surface area contributed by atoms with Gasteiger partial charge in [-0.1, -0.05) is 42.5 Å². The predicted octanol–water partition coefficient (Wildman–Crippen LogP) is 2.82. The van der Waals surface area contributed by atoms with Crippen molar-refractivity contribution in [3.05, 3.63) is 60.2 Å². The van der Waals surface area contributed by atoms with Gasteiger partial charge in [-0.25, -0.2) is 0 Å². The summed E-state index contributed by atoms with van der Waals surface area (Å²) in [6.07, 6.45) is 1.78. The molecule has 3 unspecified atom stereocenters. The van der Waals surface area contributed by atoms with Crippen LogP contribution in [0.25, 0.3) is 0 Å². The number of ether oxygens (including phenoxy) is 2. The third kappa shape index (κ3) is 6.75. The highest BCUT2D eigenvalue weighted by atomic mass is 16.5. The van der Waals surface area contributed by atoms with E-state index in [0.717, 1.165) is 56.9 Å². The van der Waals surface area contributed by atoms with Crippen molar-refractivity contribution in [2.45, 2.75) is 44.0 Å². The molecule has 4 rings (SSSR count). The summed E-state index contributed by atoms with van der Waals surface area (Å²) in [7, 11) is 3.81. The first-order valence-electron chi connectivity index (χ1n) is 12.8. The molecule has 0 saturated carbocycles. The number of hydrogen-bond donors (Lipinski definition) is 1. The van der Waals surface area contributed by atoms with Gasteiger partial charge in [-0.05, 0) is 50.4 Å². The number of rotatable bonds is 9. The molecule has 1 N–H and O–H groups in total. The maximum atomic E-state index is 13.3. The molecular weight excluding hydrogens is 442 g/mol. The summed E-state index contributed by atoms with van der Waals surface area (Å²) in [6.45, 7) is 4.56. The van der Waals surface area contributed by atoms with E-state index in [-0.39, 0.29) is 12.0 Å². The number of carbonyl (C=O) groups is 1. The van der Waals surface area contributed by atoms with Gasteiger partial charge in [-0.3, -0.25) is 4.79 Å². The zero-order chi connectivity index (χ0) is 24.6. The number of carbonyl (C=O) groups excluding carboxylic acids is 1. The second-order valence-electron chi connectivity index (χ2n) is 9.64. The van der Waals surface area contributed by atoms with Crippen molar-refractivity contribution >= 4 is 11.6 Å². The molecule has 0 spiro atoms. The molecule has 7 heteroatoms. The monoisotopic (exact) mass is 481 g/mol. The SMILES string of the molecule is COc1ccccc1N1CCN(C(=O)C2OC(CCN(C)CCc3ccccc3)CCC2O)CC1. The van der Waals surface area contributed by atoms with Gasteiger partial charge in [0.25, 0.3) is 5.91 Å². The molecular formula is C28H39N3O4. The van der Waals surface area contributed by atoms with Crippen molar-refractivity contribution in [1.82, 2.24) is 9.80 Å². The van der Waals surface area contributed by atoms with Crippen LogP contribution in [0.5, 0.6) is 5.75 Å². The largest absolute Gasteiger partial charge is 0.495 e. The predicted molar refractivity (Wildman–Crippen MR) is 138 cm³/mol. The van der Waals surface area contributed by atoms with Crippen LogP contribution in [0.1, 0.15) is 24.8 Å². The summed E-state index contributed by atoms with van der Waals surface area (Å²) in [4.78, 5) is 19.7. The number of methoxy groups -OCH3 is 1. The van der Waals surface area contributed by atoms with Gasteiger partial charge >= 0.3 is 0 Å². The Hall–Kier alpha value is -2.61. The Bertz CT molecular complexity index is 933. The van der Waals surface area contributed by atoms with Crippen LogP contribution < -0.4 is 9.64 Å². The van der Waals surface area contributed by atoms with E-state index in [1.807, 2.05) is 35.2 Å². The minimum absolute atomic E-state index is 0.00129. The first kappa shape index (κ1) is 25.5. The number of likely N-dealkylation sites (N-methyl/N-ethyl adjacent to an activating group) is 1. The van der Waals surface area contributed by atoms with Gasteiger partial charge in [0.15, 0.2) is 6.10 Å². The summed E-state index contributed by atoms with van der Waals surface area (Å²) in [5, 5.41) is 10.6. The number of aliphatic hydroxyl groups is 1. The smallest absolute Gasteiger partial charge is 0.254 e. The first-order valence-corrected chi connectivity index (χ1v) is 12.8. The number of benzene rings is 2. The van der Waals surface area contributed by atoms with Crippen LogP contribution in [0.2, 0.25) is 0 Å². The van der Waals surface area contributed by atoms with E-state index >= 15 is 0 Å². The van der Waals surface area contributed by atoms with Gasteiger partial charge in [0.05, 0.1) is 25.0 Å². The molecule has 0 radical (unpaired) electrons. The van der Waals surface area contributed by atoms with Gasteiger partial charge in [-0.15, -0.1) is 0 Å². The Morgan fingerprint density at radius 3 is 2.49 bits per heavy atom. The molecule has 0 aliphatic carbocycles. The molecule has 2 aromatic carbocycles. The van der Waals surface area contributed by atoms with Crippen LogP contribution in [0.4, 0.5) is 5.69 Å². The summed E-state index contributed by atoms with van der Waals surface area (Å²) in [6, 6.07) is 18.5. The normalized spacial score (nSPS) is 22.9. The molecule has 0 bridgehead atoms. The maximum absolute atomic E-state index is 13.3. The summed E-state index contributed by atoms with van der Waals surface area (Å²) in [5.41, 5.74) is 2.39. The zero-order valence-corrected chi connectivity index (χ0v) is 21.0. The van der Waals surface area contributed by atoms with Crippen molar-refractivity contribution in [3.8, 4) is 5.75 Å². The third-order valence-electron chi connectivity index (χ3n) is 7.19. The number of piperazine rings is 1. The van der Waals surface area contributed by atoms with E-state index in [0.29, 0.717) is 19.5 Å². The lowest BCUT2D eigenvalue weighted by atomic mass is 9.98. The van der Waals surface area contributed by atoms with Crippen LogP contribution in [0, 0.1) is 0 Å². The molecule has 2 aromatic rings. The standard InChI is InChI=1S/C28H39N3O4/c1-29(16-14-22-8-4-3-5-9-22)17-15-23-12-13-25(32)27(35-23)28(33)31-20-18-30(19-21-31)24-10-6-7-11-26(24)34-2/h3-11,23,25,27,32H,12-21H2,1-2H3. The van der Waals surface area contributed by atoms with Gasteiger partial charge in [0, 0.05) is 39.3 Å². The minimum atomic E-state index is -0.763. The fourth-order valence-electron chi connectivity index (χ4n) is 4.99. The van der Waals surface area contributed by atoms with Crippen LogP contribution in [-0.2, 0) is 16.0 Å². The van der Waals surface area contributed by atoms with E-state index in [9.17, 15) is 9.90 Å². The summed E-state index contributed by atoms with van der Waals surface area (Å²) >= 11 is 0. The van der Waals surface area contributed by atoms with E-state index in [2.05, 4.69) is 41.1 Å². The number of aliphatic hydroxyl groups excluding tert-OH is 1. The molecule has 3 atom stereocenters. The van der Waals surface area contributed by atoms with Crippen LogP contribution >= 0.6 is 0 Å². The molecule has 2 aliphatic heterocycles. The van der Waals surface area contributed by atoms with E-state index < -0.39 is 12.2 Å². The van der Waals surface area contributed by atoms with Crippen molar-refractivity contribution in [3.63, 3.8) is 0 Å². The maximum Gasteiger partial charge on any atom is 0.254 e. The molecule has 1 amide bonds. The Morgan fingerprint density at radius 1 is 1.03 bits per heavy atom. The molecule has 7 nitrogen and oxygen atoms in total. The molecule has 2 heterocycles. The third-order valence-corrected chi connectivity index (χ3v) is 7.19. The average Bonchev–Trinajstić information content (AvgIpc) is 2.91. The molecule has 2 aliphatic rings. The van der Waals surface area contributed by atoms with Crippen molar-refractivity contribution in [2.24, 2.45) is 0 Å². The molecule has 2 fully saturated rings. The van der Waals surface area contributed by atoms with Crippen LogP contribution in [-0.4, -0.2) is 92.6 Å². The second kappa shape index (κ2) is 12.4. The fraction of sp³-hybridized carbons (Fsp3) is 0.536. The molecule has 35 heavy (non-hydrogen) atoms. The van der Waals surface area contributed by atoms with Gasteiger partial charge in [0.1, 0.15) is 5.75 Å². The lowest BCUT2D eigenvalue weighted by Gasteiger charge is -2.40. The number of para-hydroxylation sites is 2. The Labute approximate surface area is 209 Å². The van der Waals surface area contributed by atoms with Crippen molar-refractivity contribution in [1.29, 1.82) is 0 Å². The topological polar surface area (TPSA) is 65.5 Å². The summed E-state index contributed by atoms with van der Waals surface area (Å²) < 4.78 is 11.7. The lowest BCUT2D eigenvalue weighted by Crippen LogP contribution is -2.56. The number of nitrogens with zero attached hydrogens (tertiary/aromatic N) is 3. The van der Waals surface area contributed by atoms with Crippen molar-refractivity contribution in [2.75, 3.05) is 58.3 Å². The van der Waals surface area contributed by atoms with E-state index in [4.69, 9.17) is 9.47 Å². The van der Waals surface area contributed by atoms with Crippen molar-refractivity contribution < 1.29 is 19.4 Å². The first-order chi connectivity index (χ1) is 17.0. The molecule has 190 valence electrons. The van der Waals surface area contributed by atoms with Gasteiger partial charge in [-0.2, -0.15) is 0 Å². The van der Waals surface area contributed by atoms with Crippen LogP contribution in [0.15, 0.2) is 54.6 Å². The Balaban J connectivity index is 1.24. The highest BCUT2D eigenvalue weighted by Crippen LogP contribution is 2.29. The fourth-order valence-corrected chi connectivity index (χ4v) is 4.99. The highest BCUT2D eigenvalue weighted by Gasteiger charge is 2.38. The lowest BCUT2D eigenvalue weighted by molar-refractivity contribution is -0.168. The zero-order valence-electron chi connectivity index (χ0n) is 21.0. The van der Waals surface area contributed by atoms with E-state index in [1.54, 1.807) is 7.11 Å². The average molecular weight is 482 g/mol. The second-order valence-corrected chi connectivity index (χ2v) is 9.64. The minimum Gasteiger partial charge on any atom is -0.495 e. The molecule has 2 saturated heterocycles. The number of hydrogen-bond acceptors (Lipinski definition) is 6. The molecule has 0 aromatic heterocycles. The summed E-state index contributed by atoms with van der Waals surface area (Å²) in [5.74, 6) is 0.759. The van der Waals surface area contributed by atoms with Gasteiger partial charge < -0.3 is 29.3 Å². The van der Waals surface area contributed by atoms with Gasteiger partial charge in [0.2, 0.25) is 0 Å². The highest BCUT2D eigenvalue weighted by molar-refractivity contribution is 5.82. The Morgan fingerprint density at radius 2 is 1.74 bits per heavy atom. The number of anilines is 1. The quantitative estimate of drug-likeness (QED) is 0.594. The van der Waals surface area contributed by atoms with Crippen LogP contribution in [0.3, 0.4) is 0 Å². The Kier molecular flexibility index (Phi) is 9.01. The van der Waals surface area contributed by atoms with E-state index in [1.165, 1.54) is 5.56 Å².